The minimum absolute atomic E-state index is 0.207. The summed E-state index contributed by atoms with van der Waals surface area (Å²) in [5, 5.41) is 9.22. The maximum Gasteiger partial charge on any atom is 0.416 e. The third-order valence-electron chi connectivity index (χ3n) is 3.83. The first kappa shape index (κ1) is 21.2. The molecule has 0 spiro atoms. The molecule has 1 aromatic rings. The fourth-order valence-corrected chi connectivity index (χ4v) is 4.12. The molecule has 1 aliphatic heterocycles. The van der Waals surface area contributed by atoms with Crippen molar-refractivity contribution in [2.75, 3.05) is 13.1 Å². The number of nitrogens with zero attached hydrogens (tertiary/aromatic N) is 1. The van der Waals surface area contributed by atoms with E-state index >= 15 is 0 Å². The molecule has 26 heavy (non-hydrogen) atoms. The number of carbonyl (C=O) groups excluding carboxylic acids is 1. The quantitative estimate of drug-likeness (QED) is 0.553. The van der Waals surface area contributed by atoms with E-state index in [1.54, 1.807) is 0 Å². The number of carbonyl (C=O) groups is 1. The van der Waals surface area contributed by atoms with Gasteiger partial charge < -0.3 is 0 Å². The first-order chi connectivity index (χ1) is 12.2. The van der Waals surface area contributed by atoms with Gasteiger partial charge in [0.1, 0.15) is 5.25 Å². The van der Waals surface area contributed by atoms with E-state index in [0.717, 1.165) is 17.0 Å². The number of hydrogen-bond donors (Lipinski definition) is 2. The number of piperidine rings is 1. The van der Waals surface area contributed by atoms with E-state index in [0.29, 0.717) is 25.9 Å². The van der Waals surface area contributed by atoms with Crippen LogP contribution in [0.1, 0.15) is 25.3 Å². The monoisotopic (exact) mass is 412 g/mol. The van der Waals surface area contributed by atoms with E-state index in [4.69, 9.17) is 9.49 Å². The summed E-state index contributed by atoms with van der Waals surface area (Å²) in [6, 6.07) is 5.05. The Hall–Kier alpha value is -1.14. The number of rotatable bonds is 6. The Labute approximate surface area is 155 Å². The first-order valence-corrected chi connectivity index (χ1v) is 9.84. The molecule has 1 fully saturated rings. The van der Waals surface area contributed by atoms with Crippen molar-refractivity contribution in [2.24, 2.45) is 0 Å². The van der Waals surface area contributed by atoms with E-state index in [9.17, 15) is 22.2 Å². The number of halogens is 3. The van der Waals surface area contributed by atoms with Crippen LogP contribution in [0.2, 0.25) is 0 Å². The Morgan fingerprint density at radius 3 is 2.42 bits per heavy atom. The van der Waals surface area contributed by atoms with Gasteiger partial charge in [-0.1, -0.05) is 0 Å². The highest BCUT2D eigenvalue weighted by molar-refractivity contribution is 8.00. The van der Waals surface area contributed by atoms with E-state index in [-0.39, 0.29) is 5.25 Å². The average molecular weight is 412 g/mol. The molecule has 11 heteroatoms. The van der Waals surface area contributed by atoms with Gasteiger partial charge in [0.25, 0.3) is 5.91 Å². The standard InChI is InChI=1S/C15H19F3N2O4S2/c1-10(14(21)19-22)26(23)24-20-8-6-13(7-9-20)25-12-4-2-11(3-5-12)15(16,17)18/h2-5,10,13,22H,6-9H2,1H3,(H,19,21). The Balaban J connectivity index is 1.80. The van der Waals surface area contributed by atoms with Crippen molar-refractivity contribution < 1.29 is 31.7 Å². The second kappa shape index (κ2) is 9.18. The van der Waals surface area contributed by atoms with Crippen molar-refractivity contribution in [1.29, 1.82) is 0 Å². The predicted molar refractivity (Wildman–Crippen MR) is 90.5 cm³/mol. The summed E-state index contributed by atoms with van der Waals surface area (Å²) >= 11 is -0.415. The topological polar surface area (TPSA) is 78.9 Å². The number of hydrogen-bond acceptors (Lipinski definition) is 6. The second-order valence-corrected chi connectivity index (χ2v) is 8.47. The Morgan fingerprint density at radius 2 is 1.92 bits per heavy atom. The minimum atomic E-state index is -4.34. The highest BCUT2D eigenvalue weighted by Gasteiger charge is 2.30. The van der Waals surface area contributed by atoms with Crippen LogP contribution in [0.3, 0.4) is 0 Å². The van der Waals surface area contributed by atoms with E-state index in [1.807, 2.05) is 0 Å². The van der Waals surface area contributed by atoms with Gasteiger partial charge in [-0.2, -0.15) is 22.5 Å². The van der Waals surface area contributed by atoms with Crippen LogP contribution in [-0.2, 0) is 26.3 Å². The molecule has 1 saturated heterocycles. The largest absolute Gasteiger partial charge is 0.416 e. The molecule has 0 aliphatic carbocycles. The molecule has 0 bridgehead atoms. The fourth-order valence-electron chi connectivity index (χ4n) is 2.29. The second-order valence-electron chi connectivity index (χ2n) is 5.72. The molecule has 1 aromatic carbocycles. The lowest BCUT2D eigenvalue weighted by molar-refractivity contribution is -0.137. The van der Waals surface area contributed by atoms with E-state index in [2.05, 4.69) is 0 Å². The molecule has 2 N–H and O–H groups in total. The minimum Gasteiger partial charge on any atom is -0.289 e. The van der Waals surface area contributed by atoms with Crippen LogP contribution < -0.4 is 5.48 Å². The normalized spacial score (nSPS) is 19.1. The lowest BCUT2D eigenvalue weighted by Gasteiger charge is -2.30. The van der Waals surface area contributed by atoms with Crippen LogP contribution in [0.5, 0.6) is 0 Å². The SMILES string of the molecule is CC(C(=O)NO)S(=O)ON1CCC(Sc2ccc(C(F)(F)F)cc2)CC1. The van der Waals surface area contributed by atoms with Gasteiger partial charge >= 0.3 is 6.18 Å². The summed E-state index contributed by atoms with van der Waals surface area (Å²) in [4.78, 5) is 12.0. The first-order valence-electron chi connectivity index (χ1n) is 7.82. The number of alkyl halides is 3. The lowest BCUT2D eigenvalue weighted by Crippen LogP contribution is -2.40. The highest BCUT2D eigenvalue weighted by Crippen LogP contribution is 2.34. The summed E-state index contributed by atoms with van der Waals surface area (Å²) in [5.74, 6) is -0.795. The highest BCUT2D eigenvalue weighted by atomic mass is 32.2. The van der Waals surface area contributed by atoms with Crippen molar-refractivity contribution in [1.82, 2.24) is 10.5 Å². The zero-order valence-corrected chi connectivity index (χ0v) is 15.5. The molecule has 0 saturated carbocycles. The molecular formula is C15H19F3N2O4S2. The van der Waals surface area contributed by atoms with Gasteiger partial charge in [-0.15, -0.1) is 11.8 Å². The molecule has 0 aromatic heterocycles. The molecule has 6 nitrogen and oxygen atoms in total. The van der Waals surface area contributed by atoms with Crippen molar-refractivity contribution in [2.45, 2.75) is 41.3 Å². The number of thioether (sulfide) groups is 1. The van der Waals surface area contributed by atoms with Gasteiger partial charge in [-0.3, -0.25) is 10.0 Å². The molecule has 146 valence electrons. The van der Waals surface area contributed by atoms with E-state index in [1.165, 1.54) is 41.4 Å². The third-order valence-corrected chi connectivity index (χ3v) is 6.33. The van der Waals surface area contributed by atoms with Crippen LogP contribution >= 0.6 is 11.8 Å². The molecule has 1 heterocycles. The number of amides is 1. The van der Waals surface area contributed by atoms with Crippen LogP contribution in [-0.4, -0.2) is 44.0 Å². The van der Waals surface area contributed by atoms with Gasteiger partial charge in [0, 0.05) is 23.2 Å². The van der Waals surface area contributed by atoms with Gasteiger partial charge in [0.2, 0.25) is 0 Å². The summed E-state index contributed by atoms with van der Waals surface area (Å²) in [5.41, 5.74) is 0.754. The van der Waals surface area contributed by atoms with Crippen molar-refractivity contribution in [3.05, 3.63) is 29.8 Å². The summed E-state index contributed by atoms with van der Waals surface area (Å²) in [7, 11) is 0. The Bertz CT molecular complexity index is 635. The lowest BCUT2D eigenvalue weighted by atomic mass is 10.2. The molecule has 0 radical (unpaired) electrons. The third kappa shape index (κ3) is 5.95. The Morgan fingerprint density at radius 1 is 1.35 bits per heavy atom. The predicted octanol–water partition coefficient (Wildman–Crippen LogP) is 2.75. The summed E-state index contributed by atoms with van der Waals surface area (Å²) in [6.07, 6.45) is -2.95. The van der Waals surface area contributed by atoms with Crippen LogP contribution in [0, 0.1) is 0 Å². The molecule has 2 rings (SSSR count). The smallest absolute Gasteiger partial charge is 0.289 e. The summed E-state index contributed by atoms with van der Waals surface area (Å²) in [6.45, 7) is 2.34. The van der Waals surface area contributed by atoms with E-state index < -0.39 is 34.0 Å². The van der Waals surface area contributed by atoms with Gasteiger partial charge in [-0.25, -0.2) is 9.69 Å². The maximum atomic E-state index is 12.6. The molecule has 1 aliphatic rings. The summed E-state index contributed by atoms with van der Waals surface area (Å²) < 4.78 is 54.8. The van der Waals surface area contributed by atoms with Crippen molar-refractivity contribution >= 4 is 28.7 Å². The molecular weight excluding hydrogens is 393 g/mol. The van der Waals surface area contributed by atoms with Crippen molar-refractivity contribution in [3.8, 4) is 0 Å². The number of nitrogens with one attached hydrogen (secondary N) is 1. The maximum absolute atomic E-state index is 12.6. The van der Waals surface area contributed by atoms with Gasteiger partial charge in [0.05, 0.1) is 5.56 Å². The van der Waals surface area contributed by atoms with Gasteiger partial charge in [-0.05, 0) is 44.0 Å². The van der Waals surface area contributed by atoms with Crippen LogP contribution in [0.15, 0.2) is 29.2 Å². The molecule has 2 atom stereocenters. The van der Waals surface area contributed by atoms with Crippen LogP contribution in [0.25, 0.3) is 0 Å². The average Bonchev–Trinajstić information content (AvgIpc) is 2.61. The number of hydroxylamine groups is 3. The van der Waals surface area contributed by atoms with Crippen LogP contribution in [0.4, 0.5) is 13.2 Å². The molecule has 1 amide bonds. The zero-order chi connectivity index (χ0) is 19.3. The van der Waals surface area contributed by atoms with Crippen molar-refractivity contribution in [3.63, 3.8) is 0 Å². The molecule has 2 unspecified atom stereocenters. The fraction of sp³-hybridized carbons (Fsp3) is 0.533. The Kier molecular flexibility index (Phi) is 7.47. The number of benzene rings is 1. The van der Waals surface area contributed by atoms with Gasteiger partial charge in [0.15, 0.2) is 11.1 Å². The zero-order valence-electron chi connectivity index (χ0n) is 13.9.